The highest BCUT2D eigenvalue weighted by molar-refractivity contribution is 7.92. The van der Waals surface area contributed by atoms with Crippen molar-refractivity contribution in [1.82, 2.24) is 10.2 Å². The van der Waals surface area contributed by atoms with Crippen molar-refractivity contribution in [3.8, 4) is 0 Å². The first-order valence-corrected chi connectivity index (χ1v) is 16.1. The van der Waals surface area contributed by atoms with Crippen molar-refractivity contribution < 1.29 is 18.0 Å². The van der Waals surface area contributed by atoms with E-state index in [9.17, 15) is 18.0 Å². The maximum absolute atomic E-state index is 13.9. The smallest absolute Gasteiger partial charge is 0.243 e. The molecule has 0 bridgehead atoms. The number of amides is 2. The lowest BCUT2D eigenvalue weighted by Gasteiger charge is -2.32. The van der Waals surface area contributed by atoms with Crippen molar-refractivity contribution in [2.75, 3.05) is 17.1 Å². The standard InChI is InChI=1S/C31H37Cl2N3O4S/c1-22(2)34-31(38)29(19-24-11-6-5-7-12-24)35(21-25-13-8-9-14-27(25)33)30(37)15-10-18-36(41(4,39)40)28-20-26(32)17-16-23(28)3/h5-9,11-14,16-17,20,22,29H,10,15,18-19,21H2,1-4H3,(H,34,38). The van der Waals surface area contributed by atoms with Crippen LogP contribution < -0.4 is 9.62 Å². The van der Waals surface area contributed by atoms with Gasteiger partial charge in [0.25, 0.3) is 0 Å². The molecule has 10 heteroatoms. The molecule has 3 aromatic carbocycles. The molecule has 1 unspecified atom stereocenters. The number of hydrogen-bond donors (Lipinski definition) is 1. The number of rotatable bonds is 13. The molecule has 1 N–H and O–H groups in total. The lowest BCUT2D eigenvalue weighted by Crippen LogP contribution is -2.51. The van der Waals surface area contributed by atoms with E-state index in [0.717, 1.165) is 17.4 Å². The van der Waals surface area contributed by atoms with Crippen LogP contribution in [0, 0.1) is 6.92 Å². The number of aryl methyl sites for hydroxylation is 1. The van der Waals surface area contributed by atoms with Gasteiger partial charge in [-0.25, -0.2) is 8.42 Å². The number of carbonyl (C=O) groups excluding carboxylic acids is 2. The molecule has 0 aliphatic heterocycles. The maximum atomic E-state index is 13.9. The van der Waals surface area contributed by atoms with E-state index in [1.165, 1.54) is 4.31 Å². The molecule has 0 aromatic heterocycles. The fourth-order valence-corrected chi connectivity index (χ4v) is 5.96. The summed E-state index contributed by atoms with van der Waals surface area (Å²) >= 11 is 12.6. The molecule has 220 valence electrons. The van der Waals surface area contributed by atoms with Gasteiger partial charge < -0.3 is 10.2 Å². The zero-order chi connectivity index (χ0) is 30.2. The van der Waals surface area contributed by atoms with Crippen LogP contribution in [0.3, 0.4) is 0 Å². The molecular weight excluding hydrogens is 581 g/mol. The van der Waals surface area contributed by atoms with Crippen LogP contribution in [0.2, 0.25) is 10.0 Å². The largest absolute Gasteiger partial charge is 0.352 e. The number of benzene rings is 3. The van der Waals surface area contributed by atoms with E-state index >= 15 is 0 Å². The van der Waals surface area contributed by atoms with Gasteiger partial charge in [-0.05, 0) is 62.1 Å². The quantitative estimate of drug-likeness (QED) is 0.254. The van der Waals surface area contributed by atoms with Crippen LogP contribution in [-0.4, -0.2) is 50.0 Å². The van der Waals surface area contributed by atoms with Crippen LogP contribution in [0.25, 0.3) is 0 Å². The fourth-order valence-electron chi connectivity index (χ4n) is 4.58. The second-order valence-electron chi connectivity index (χ2n) is 10.4. The number of halogens is 2. The van der Waals surface area contributed by atoms with Gasteiger partial charge in [-0.2, -0.15) is 0 Å². The van der Waals surface area contributed by atoms with Crippen LogP contribution in [0.4, 0.5) is 5.69 Å². The molecule has 41 heavy (non-hydrogen) atoms. The SMILES string of the molecule is Cc1ccc(Cl)cc1N(CCCC(=O)N(Cc1ccccc1Cl)C(Cc1ccccc1)C(=O)NC(C)C)S(C)(=O)=O. The van der Waals surface area contributed by atoms with Crippen molar-refractivity contribution >= 4 is 50.7 Å². The normalized spacial score (nSPS) is 12.2. The molecule has 3 rings (SSSR count). The maximum Gasteiger partial charge on any atom is 0.243 e. The third kappa shape index (κ3) is 9.48. The molecule has 2 amide bonds. The van der Waals surface area contributed by atoms with Crippen LogP contribution in [-0.2, 0) is 32.6 Å². The number of hydrogen-bond acceptors (Lipinski definition) is 4. The zero-order valence-electron chi connectivity index (χ0n) is 23.8. The van der Waals surface area contributed by atoms with E-state index in [1.54, 1.807) is 29.2 Å². The molecule has 0 heterocycles. The van der Waals surface area contributed by atoms with E-state index in [4.69, 9.17) is 23.2 Å². The summed E-state index contributed by atoms with van der Waals surface area (Å²) < 4.78 is 26.7. The fraction of sp³-hybridized carbons (Fsp3) is 0.355. The molecule has 0 saturated heterocycles. The minimum Gasteiger partial charge on any atom is -0.352 e. The highest BCUT2D eigenvalue weighted by Gasteiger charge is 2.31. The van der Waals surface area contributed by atoms with Crippen LogP contribution in [0.15, 0.2) is 72.8 Å². The number of nitrogens with zero attached hydrogens (tertiary/aromatic N) is 2. The predicted molar refractivity (Wildman–Crippen MR) is 167 cm³/mol. The Morgan fingerprint density at radius 2 is 1.61 bits per heavy atom. The Bertz CT molecular complexity index is 1450. The Labute approximate surface area is 253 Å². The highest BCUT2D eigenvalue weighted by atomic mass is 35.5. The Morgan fingerprint density at radius 3 is 2.24 bits per heavy atom. The van der Waals surface area contributed by atoms with Crippen molar-refractivity contribution in [3.05, 3.63) is 99.5 Å². The molecule has 7 nitrogen and oxygen atoms in total. The average molecular weight is 619 g/mol. The van der Waals surface area contributed by atoms with Gasteiger partial charge in [-0.15, -0.1) is 0 Å². The second-order valence-corrected chi connectivity index (χ2v) is 13.1. The summed E-state index contributed by atoms with van der Waals surface area (Å²) in [7, 11) is -3.65. The van der Waals surface area contributed by atoms with Gasteiger partial charge >= 0.3 is 0 Å². The Balaban J connectivity index is 1.91. The first-order chi connectivity index (χ1) is 19.4. The Morgan fingerprint density at radius 1 is 0.951 bits per heavy atom. The third-order valence-electron chi connectivity index (χ3n) is 6.59. The molecule has 1 atom stereocenters. The van der Waals surface area contributed by atoms with Gasteiger partial charge in [-0.3, -0.25) is 13.9 Å². The summed E-state index contributed by atoms with van der Waals surface area (Å²) in [6, 6.07) is 20.9. The topological polar surface area (TPSA) is 86.8 Å². The van der Waals surface area contributed by atoms with E-state index in [1.807, 2.05) is 69.3 Å². The number of nitrogens with one attached hydrogen (secondary N) is 1. The average Bonchev–Trinajstić information content (AvgIpc) is 2.90. The van der Waals surface area contributed by atoms with Gasteiger partial charge in [0, 0.05) is 42.0 Å². The van der Waals surface area contributed by atoms with Crippen molar-refractivity contribution in [3.63, 3.8) is 0 Å². The van der Waals surface area contributed by atoms with Crippen LogP contribution in [0.5, 0.6) is 0 Å². The Hall–Kier alpha value is -3.07. The Kier molecular flexibility index (Phi) is 11.6. The molecular formula is C31H37Cl2N3O4S. The molecule has 0 aliphatic carbocycles. The van der Waals surface area contributed by atoms with Crippen LogP contribution in [0.1, 0.15) is 43.4 Å². The monoisotopic (exact) mass is 617 g/mol. The molecule has 0 radical (unpaired) electrons. The second kappa shape index (κ2) is 14.7. The number of anilines is 1. The summed E-state index contributed by atoms with van der Waals surface area (Å²) in [5.74, 6) is -0.544. The molecule has 0 fully saturated rings. The highest BCUT2D eigenvalue weighted by Crippen LogP contribution is 2.27. The summed E-state index contributed by atoms with van der Waals surface area (Å²) in [6.45, 7) is 5.75. The summed E-state index contributed by atoms with van der Waals surface area (Å²) in [4.78, 5) is 28.9. The van der Waals surface area contributed by atoms with Gasteiger partial charge in [0.15, 0.2) is 0 Å². The minimum atomic E-state index is -3.65. The van der Waals surface area contributed by atoms with E-state index < -0.39 is 16.1 Å². The number of carbonyl (C=O) groups is 2. The van der Waals surface area contributed by atoms with E-state index in [2.05, 4.69) is 5.32 Å². The zero-order valence-corrected chi connectivity index (χ0v) is 26.1. The lowest BCUT2D eigenvalue weighted by molar-refractivity contribution is -0.141. The number of sulfonamides is 1. The van der Waals surface area contributed by atoms with Gasteiger partial charge in [0.2, 0.25) is 21.8 Å². The first kappa shape index (κ1) is 32.4. The van der Waals surface area contributed by atoms with Crippen LogP contribution >= 0.6 is 23.2 Å². The first-order valence-electron chi connectivity index (χ1n) is 13.5. The molecule has 0 aliphatic rings. The molecule has 0 spiro atoms. The summed E-state index contributed by atoms with van der Waals surface area (Å²) in [5.41, 5.74) is 2.84. The van der Waals surface area contributed by atoms with Crippen molar-refractivity contribution in [2.45, 2.75) is 58.7 Å². The van der Waals surface area contributed by atoms with Gasteiger partial charge in [-0.1, -0.05) is 77.8 Å². The van der Waals surface area contributed by atoms with Crippen molar-refractivity contribution in [2.24, 2.45) is 0 Å². The molecule has 3 aromatic rings. The summed E-state index contributed by atoms with van der Waals surface area (Å²) in [6.07, 6.45) is 1.70. The lowest BCUT2D eigenvalue weighted by atomic mass is 10.0. The van der Waals surface area contributed by atoms with E-state index in [0.29, 0.717) is 27.7 Å². The summed E-state index contributed by atoms with van der Waals surface area (Å²) in [5, 5.41) is 3.87. The minimum absolute atomic E-state index is 0.0241. The third-order valence-corrected chi connectivity index (χ3v) is 8.38. The van der Waals surface area contributed by atoms with Crippen molar-refractivity contribution in [1.29, 1.82) is 0 Å². The van der Waals surface area contributed by atoms with Gasteiger partial charge in [0.05, 0.1) is 11.9 Å². The molecule has 0 saturated carbocycles. The van der Waals surface area contributed by atoms with Gasteiger partial charge in [0.1, 0.15) is 6.04 Å². The van der Waals surface area contributed by atoms with E-state index in [-0.39, 0.29) is 43.8 Å². The predicted octanol–water partition coefficient (Wildman–Crippen LogP) is 6.01.